The van der Waals surface area contributed by atoms with Crippen LogP contribution < -0.4 is 10.5 Å². The van der Waals surface area contributed by atoms with E-state index in [-0.39, 0.29) is 12.3 Å². The maximum absolute atomic E-state index is 12.8. The number of nitrogens with two attached hydrogens (primary N) is 1. The van der Waals surface area contributed by atoms with Crippen molar-refractivity contribution in [3.05, 3.63) is 29.8 Å². The zero-order valence-corrected chi connectivity index (χ0v) is 11.0. The van der Waals surface area contributed by atoms with Crippen molar-refractivity contribution in [1.29, 1.82) is 0 Å². The maximum atomic E-state index is 12.8. The molecule has 0 amide bonds. The molecule has 20 heavy (non-hydrogen) atoms. The number of carbonyl (C=O) groups is 1. The van der Waals surface area contributed by atoms with Crippen molar-refractivity contribution in [2.24, 2.45) is 5.73 Å². The van der Waals surface area contributed by atoms with Crippen LogP contribution in [0.4, 0.5) is 13.2 Å². The van der Waals surface area contributed by atoms with Crippen molar-refractivity contribution in [1.82, 2.24) is 0 Å². The van der Waals surface area contributed by atoms with E-state index in [0.29, 0.717) is 18.8 Å². The molecule has 0 aliphatic carbocycles. The summed E-state index contributed by atoms with van der Waals surface area (Å²) in [4.78, 5) is 11.9. The summed E-state index contributed by atoms with van der Waals surface area (Å²) in [5.74, 6) is -0.647. The fraction of sp³-hybridized carbons (Fsp3) is 0.500. The van der Waals surface area contributed by atoms with Gasteiger partial charge in [0.1, 0.15) is 5.75 Å². The first-order chi connectivity index (χ1) is 9.23. The number of alkyl halides is 3. The average molecular weight is 287 g/mol. The summed E-state index contributed by atoms with van der Waals surface area (Å²) in [5.41, 5.74) is 3.13. The summed E-state index contributed by atoms with van der Waals surface area (Å²) >= 11 is 0. The standard InChI is InChI=1S/C14H16F3NO2/c1-13(18,14(15,16)17)12(19)8-9-6-7-20-11-5-3-2-4-10(9)11/h2-5,9H,6-8,18H2,1H3. The Morgan fingerprint density at radius 3 is 2.70 bits per heavy atom. The Morgan fingerprint density at radius 1 is 1.40 bits per heavy atom. The highest BCUT2D eigenvalue weighted by molar-refractivity contribution is 5.89. The molecule has 0 aromatic heterocycles. The van der Waals surface area contributed by atoms with Crippen molar-refractivity contribution in [3.8, 4) is 5.75 Å². The topological polar surface area (TPSA) is 52.3 Å². The van der Waals surface area contributed by atoms with Gasteiger partial charge in [-0.1, -0.05) is 18.2 Å². The summed E-state index contributed by atoms with van der Waals surface area (Å²) in [6.07, 6.45) is -4.46. The SMILES string of the molecule is CC(N)(C(=O)CC1CCOc2ccccc21)C(F)(F)F. The minimum Gasteiger partial charge on any atom is -0.493 e. The second-order valence-corrected chi connectivity index (χ2v) is 5.20. The maximum Gasteiger partial charge on any atom is 0.413 e. The van der Waals surface area contributed by atoms with Gasteiger partial charge >= 0.3 is 6.18 Å². The molecule has 1 aromatic rings. The first-order valence-electron chi connectivity index (χ1n) is 6.34. The third-order valence-corrected chi connectivity index (χ3v) is 3.68. The predicted molar refractivity (Wildman–Crippen MR) is 67.6 cm³/mol. The predicted octanol–water partition coefficient (Wildman–Crippen LogP) is 2.79. The number of Topliss-reactive ketones (excluding diaryl/α,β-unsaturated/α-hetero) is 1. The number of ether oxygens (including phenoxy) is 1. The number of ketones is 1. The normalized spacial score (nSPS) is 21.6. The van der Waals surface area contributed by atoms with Crippen LogP contribution >= 0.6 is 0 Å². The van der Waals surface area contributed by atoms with Crippen molar-refractivity contribution in [3.63, 3.8) is 0 Å². The van der Waals surface area contributed by atoms with E-state index in [1.165, 1.54) is 0 Å². The van der Waals surface area contributed by atoms with Crippen LogP contribution in [0.25, 0.3) is 0 Å². The quantitative estimate of drug-likeness (QED) is 0.930. The molecule has 1 aliphatic rings. The van der Waals surface area contributed by atoms with E-state index in [2.05, 4.69) is 0 Å². The van der Waals surface area contributed by atoms with Crippen LogP contribution in [-0.2, 0) is 4.79 Å². The van der Waals surface area contributed by atoms with Gasteiger partial charge in [0.15, 0.2) is 11.3 Å². The highest BCUT2D eigenvalue weighted by Gasteiger charge is 2.53. The van der Waals surface area contributed by atoms with E-state index >= 15 is 0 Å². The molecule has 2 rings (SSSR count). The van der Waals surface area contributed by atoms with E-state index in [0.717, 1.165) is 12.5 Å². The Hall–Kier alpha value is -1.56. The van der Waals surface area contributed by atoms with E-state index in [1.54, 1.807) is 24.3 Å². The van der Waals surface area contributed by atoms with Gasteiger partial charge in [0.05, 0.1) is 6.61 Å². The molecule has 0 radical (unpaired) electrons. The number of hydrogen-bond donors (Lipinski definition) is 1. The van der Waals surface area contributed by atoms with Crippen LogP contribution in [0.5, 0.6) is 5.75 Å². The first kappa shape index (κ1) is 14.8. The molecule has 0 spiro atoms. The Morgan fingerprint density at radius 2 is 2.05 bits per heavy atom. The lowest BCUT2D eigenvalue weighted by atomic mass is 9.83. The minimum atomic E-state index is -4.74. The molecule has 1 aromatic carbocycles. The molecule has 3 nitrogen and oxygen atoms in total. The molecule has 1 heterocycles. The van der Waals surface area contributed by atoms with Crippen LogP contribution in [0.1, 0.15) is 31.2 Å². The van der Waals surface area contributed by atoms with Gasteiger partial charge in [0, 0.05) is 6.42 Å². The highest BCUT2D eigenvalue weighted by atomic mass is 19.4. The van der Waals surface area contributed by atoms with Crippen LogP contribution in [0.2, 0.25) is 0 Å². The summed E-state index contributed by atoms with van der Waals surface area (Å²) in [6, 6.07) is 7.08. The van der Waals surface area contributed by atoms with Crippen LogP contribution in [0.3, 0.4) is 0 Å². The molecular weight excluding hydrogens is 271 g/mol. The molecule has 2 N–H and O–H groups in total. The summed E-state index contributed by atoms with van der Waals surface area (Å²) in [6.45, 7) is 1.11. The van der Waals surface area contributed by atoms with Crippen LogP contribution in [0, 0.1) is 0 Å². The van der Waals surface area contributed by atoms with Crippen LogP contribution in [-0.4, -0.2) is 24.1 Å². The first-order valence-corrected chi connectivity index (χ1v) is 6.34. The van der Waals surface area contributed by atoms with Crippen molar-refractivity contribution in [2.45, 2.75) is 37.4 Å². The van der Waals surface area contributed by atoms with Gasteiger partial charge in [-0.05, 0) is 30.9 Å². The van der Waals surface area contributed by atoms with Gasteiger partial charge in [-0.3, -0.25) is 4.79 Å². The van der Waals surface area contributed by atoms with Gasteiger partial charge in [-0.25, -0.2) is 0 Å². The summed E-state index contributed by atoms with van der Waals surface area (Å²) in [5, 5.41) is 0. The monoisotopic (exact) mass is 287 g/mol. The van der Waals surface area contributed by atoms with Gasteiger partial charge in [-0.2, -0.15) is 13.2 Å². The lowest BCUT2D eigenvalue weighted by Crippen LogP contribution is -2.57. The fourth-order valence-corrected chi connectivity index (χ4v) is 2.22. The second kappa shape index (κ2) is 5.09. The smallest absolute Gasteiger partial charge is 0.413 e. The van der Waals surface area contributed by atoms with Gasteiger partial charge < -0.3 is 10.5 Å². The van der Waals surface area contributed by atoms with E-state index in [1.807, 2.05) is 0 Å². The molecule has 0 bridgehead atoms. The van der Waals surface area contributed by atoms with E-state index < -0.39 is 17.5 Å². The van der Waals surface area contributed by atoms with Crippen molar-refractivity contribution < 1.29 is 22.7 Å². The van der Waals surface area contributed by atoms with E-state index in [4.69, 9.17) is 10.5 Å². The molecule has 0 fully saturated rings. The number of hydrogen-bond acceptors (Lipinski definition) is 3. The third-order valence-electron chi connectivity index (χ3n) is 3.68. The molecule has 110 valence electrons. The molecule has 6 heteroatoms. The number of para-hydroxylation sites is 1. The Balaban J connectivity index is 2.18. The van der Waals surface area contributed by atoms with Gasteiger partial charge in [0.25, 0.3) is 0 Å². The lowest BCUT2D eigenvalue weighted by molar-refractivity contribution is -0.186. The Labute approximate surface area is 114 Å². The number of rotatable bonds is 3. The highest BCUT2D eigenvalue weighted by Crippen LogP contribution is 2.38. The molecule has 0 saturated heterocycles. The average Bonchev–Trinajstić information content (AvgIpc) is 2.37. The number of fused-ring (bicyclic) bond motifs is 1. The number of carbonyl (C=O) groups excluding carboxylic acids is 1. The molecular formula is C14H16F3NO2. The summed E-state index contributed by atoms with van der Waals surface area (Å²) < 4.78 is 43.7. The molecule has 2 atom stereocenters. The molecule has 0 saturated carbocycles. The fourth-order valence-electron chi connectivity index (χ4n) is 2.22. The van der Waals surface area contributed by atoms with Crippen LogP contribution in [0.15, 0.2) is 24.3 Å². The van der Waals surface area contributed by atoms with Crippen molar-refractivity contribution in [2.75, 3.05) is 6.61 Å². The zero-order valence-electron chi connectivity index (χ0n) is 11.0. The Bertz CT molecular complexity index is 511. The van der Waals surface area contributed by atoms with Crippen molar-refractivity contribution >= 4 is 5.78 Å². The largest absolute Gasteiger partial charge is 0.493 e. The lowest BCUT2D eigenvalue weighted by Gasteiger charge is -2.30. The minimum absolute atomic E-state index is 0.229. The number of benzene rings is 1. The van der Waals surface area contributed by atoms with Gasteiger partial charge in [-0.15, -0.1) is 0 Å². The molecule has 1 aliphatic heterocycles. The second-order valence-electron chi connectivity index (χ2n) is 5.20. The Kier molecular flexibility index (Phi) is 3.77. The van der Waals surface area contributed by atoms with Gasteiger partial charge in [0.2, 0.25) is 0 Å². The third kappa shape index (κ3) is 2.65. The zero-order chi connectivity index (χ0) is 15.0. The molecule has 2 unspecified atom stereocenters. The van der Waals surface area contributed by atoms with E-state index in [9.17, 15) is 18.0 Å². The number of halogens is 3. The summed E-state index contributed by atoms with van der Waals surface area (Å²) in [7, 11) is 0.